The molecule has 0 radical (unpaired) electrons. The standard InChI is InChI=1S/C29H26N2O2S/c1-19(2)20-13-15-24(16-14-20)31-27(32)18-34-29(31)22-9-5-10-23(17-22)30-28(33)26-12-6-8-21-7-3-4-11-25(21)26/h3-17,19,29H,18H2,1-2H3,(H,30,33)/t29-/m1/s1. The van der Waals surface area contributed by atoms with Crippen LogP contribution >= 0.6 is 11.8 Å². The number of hydrogen-bond donors (Lipinski definition) is 1. The summed E-state index contributed by atoms with van der Waals surface area (Å²) in [4.78, 5) is 27.8. The van der Waals surface area contributed by atoms with Crippen LogP contribution in [-0.4, -0.2) is 17.6 Å². The van der Waals surface area contributed by atoms with Gasteiger partial charge < -0.3 is 5.32 Å². The highest BCUT2D eigenvalue weighted by Gasteiger charge is 2.34. The molecule has 1 fully saturated rings. The lowest BCUT2D eigenvalue weighted by Crippen LogP contribution is -2.27. The molecule has 4 nitrogen and oxygen atoms in total. The monoisotopic (exact) mass is 466 g/mol. The summed E-state index contributed by atoms with van der Waals surface area (Å²) in [5.74, 6) is 0.821. The minimum Gasteiger partial charge on any atom is -0.322 e. The molecule has 1 aliphatic heterocycles. The average molecular weight is 467 g/mol. The van der Waals surface area contributed by atoms with Crippen molar-refractivity contribution in [2.45, 2.75) is 25.1 Å². The fourth-order valence-corrected chi connectivity index (χ4v) is 5.53. The summed E-state index contributed by atoms with van der Waals surface area (Å²) in [5, 5.41) is 4.87. The second kappa shape index (κ2) is 9.35. The van der Waals surface area contributed by atoms with Crippen LogP contribution in [0.15, 0.2) is 91.0 Å². The summed E-state index contributed by atoms with van der Waals surface area (Å²) < 4.78 is 0. The summed E-state index contributed by atoms with van der Waals surface area (Å²) in [6.07, 6.45) is 0. The Morgan fingerprint density at radius 1 is 0.941 bits per heavy atom. The highest BCUT2D eigenvalue weighted by atomic mass is 32.2. The summed E-state index contributed by atoms with van der Waals surface area (Å²) >= 11 is 1.61. The number of rotatable bonds is 5. The number of carbonyl (C=O) groups excluding carboxylic acids is 2. The number of nitrogens with one attached hydrogen (secondary N) is 1. The molecule has 0 bridgehead atoms. The largest absolute Gasteiger partial charge is 0.322 e. The van der Waals surface area contributed by atoms with E-state index < -0.39 is 0 Å². The molecule has 2 amide bonds. The number of carbonyl (C=O) groups is 2. The Kier molecular flexibility index (Phi) is 6.12. The Balaban J connectivity index is 1.41. The minimum absolute atomic E-state index is 0.0949. The molecule has 5 rings (SSSR count). The van der Waals surface area contributed by atoms with Crippen LogP contribution in [-0.2, 0) is 4.79 Å². The molecule has 4 aromatic carbocycles. The molecular formula is C29H26N2O2S. The van der Waals surface area contributed by atoms with Crippen molar-refractivity contribution >= 4 is 45.7 Å². The molecule has 4 aromatic rings. The Hall–Kier alpha value is -3.57. The minimum atomic E-state index is -0.148. The van der Waals surface area contributed by atoms with Gasteiger partial charge in [0.05, 0.1) is 5.75 Å². The molecule has 34 heavy (non-hydrogen) atoms. The van der Waals surface area contributed by atoms with Crippen molar-refractivity contribution < 1.29 is 9.59 Å². The Morgan fingerprint density at radius 3 is 2.47 bits per heavy atom. The van der Waals surface area contributed by atoms with Crippen LogP contribution in [0.1, 0.15) is 46.6 Å². The third kappa shape index (κ3) is 4.31. The van der Waals surface area contributed by atoms with Crippen LogP contribution in [0.25, 0.3) is 10.8 Å². The van der Waals surface area contributed by atoms with E-state index in [0.29, 0.717) is 22.9 Å². The molecule has 5 heteroatoms. The molecule has 1 saturated heterocycles. The summed E-state index contributed by atoms with van der Waals surface area (Å²) in [6, 6.07) is 29.6. The Labute approximate surface area is 204 Å². The molecule has 0 spiro atoms. The molecule has 0 saturated carbocycles. The first-order valence-electron chi connectivity index (χ1n) is 11.4. The predicted molar refractivity (Wildman–Crippen MR) is 142 cm³/mol. The van der Waals surface area contributed by atoms with E-state index in [4.69, 9.17) is 0 Å². The lowest BCUT2D eigenvalue weighted by molar-refractivity contribution is -0.115. The first kappa shape index (κ1) is 22.2. The highest BCUT2D eigenvalue weighted by Crippen LogP contribution is 2.42. The summed E-state index contributed by atoms with van der Waals surface area (Å²) in [5.41, 5.74) is 4.48. The van der Waals surface area contributed by atoms with Crippen LogP contribution in [0.5, 0.6) is 0 Å². The fourth-order valence-electron chi connectivity index (χ4n) is 4.36. The fraction of sp³-hybridized carbons (Fsp3) is 0.172. The van der Waals surface area contributed by atoms with Crippen LogP contribution < -0.4 is 10.2 Å². The molecule has 0 aromatic heterocycles. The van der Waals surface area contributed by atoms with E-state index in [2.05, 4.69) is 31.3 Å². The second-order valence-corrected chi connectivity index (χ2v) is 9.85. The number of anilines is 2. The molecule has 1 atom stereocenters. The first-order chi connectivity index (χ1) is 16.5. The summed E-state index contributed by atoms with van der Waals surface area (Å²) in [6.45, 7) is 4.32. The molecule has 0 unspecified atom stereocenters. The van der Waals surface area contributed by atoms with E-state index in [1.54, 1.807) is 11.8 Å². The molecule has 170 valence electrons. The van der Waals surface area contributed by atoms with Crippen LogP contribution in [0.3, 0.4) is 0 Å². The second-order valence-electron chi connectivity index (χ2n) is 8.78. The maximum atomic E-state index is 13.1. The Bertz CT molecular complexity index is 1360. The van der Waals surface area contributed by atoms with Gasteiger partial charge in [-0.1, -0.05) is 74.5 Å². The lowest BCUT2D eigenvalue weighted by Gasteiger charge is -2.25. The van der Waals surface area contributed by atoms with Crippen LogP contribution in [0.4, 0.5) is 11.4 Å². The van der Waals surface area contributed by atoms with Gasteiger partial charge in [0.1, 0.15) is 5.37 Å². The van der Waals surface area contributed by atoms with Gasteiger partial charge >= 0.3 is 0 Å². The van der Waals surface area contributed by atoms with Crippen molar-refractivity contribution in [3.63, 3.8) is 0 Å². The van der Waals surface area contributed by atoms with Crippen molar-refractivity contribution in [1.82, 2.24) is 0 Å². The van der Waals surface area contributed by atoms with Crippen molar-refractivity contribution in [1.29, 1.82) is 0 Å². The normalized spacial score (nSPS) is 15.8. The lowest BCUT2D eigenvalue weighted by atomic mass is 10.0. The van der Waals surface area contributed by atoms with Crippen molar-refractivity contribution in [2.24, 2.45) is 0 Å². The molecule has 1 aliphatic rings. The van der Waals surface area contributed by atoms with E-state index in [9.17, 15) is 9.59 Å². The number of benzene rings is 4. The number of thioether (sulfide) groups is 1. The van der Waals surface area contributed by atoms with E-state index >= 15 is 0 Å². The third-order valence-electron chi connectivity index (χ3n) is 6.17. The van der Waals surface area contributed by atoms with Crippen molar-refractivity contribution in [3.8, 4) is 0 Å². The number of amides is 2. The van der Waals surface area contributed by atoms with Gasteiger partial charge in [0.25, 0.3) is 5.91 Å². The molecule has 1 heterocycles. The average Bonchev–Trinajstić information content (AvgIpc) is 3.25. The highest BCUT2D eigenvalue weighted by molar-refractivity contribution is 8.00. The molecule has 1 N–H and O–H groups in total. The van der Waals surface area contributed by atoms with E-state index in [1.807, 2.05) is 83.8 Å². The predicted octanol–water partition coefficient (Wildman–Crippen LogP) is 6.99. The van der Waals surface area contributed by atoms with E-state index in [-0.39, 0.29) is 17.2 Å². The Morgan fingerprint density at radius 2 is 1.68 bits per heavy atom. The van der Waals surface area contributed by atoms with Crippen LogP contribution in [0, 0.1) is 0 Å². The number of hydrogen-bond acceptors (Lipinski definition) is 3. The van der Waals surface area contributed by atoms with Gasteiger partial charge in [-0.05, 0) is 58.1 Å². The maximum absolute atomic E-state index is 13.1. The quantitative estimate of drug-likeness (QED) is 0.345. The zero-order valence-electron chi connectivity index (χ0n) is 19.2. The smallest absolute Gasteiger partial charge is 0.256 e. The number of nitrogens with zero attached hydrogens (tertiary/aromatic N) is 1. The van der Waals surface area contributed by atoms with Gasteiger partial charge in [-0.25, -0.2) is 0 Å². The van der Waals surface area contributed by atoms with Gasteiger partial charge in [0.15, 0.2) is 0 Å². The zero-order valence-corrected chi connectivity index (χ0v) is 20.0. The summed E-state index contributed by atoms with van der Waals surface area (Å²) in [7, 11) is 0. The maximum Gasteiger partial charge on any atom is 0.256 e. The van der Waals surface area contributed by atoms with Gasteiger partial charge in [0, 0.05) is 16.9 Å². The van der Waals surface area contributed by atoms with Crippen molar-refractivity contribution in [2.75, 3.05) is 16.0 Å². The van der Waals surface area contributed by atoms with E-state index in [1.165, 1.54) is 5.56 Å². The SMILES string of the molecule is CC(C)c1ccc(N2C(=O)CS[C@@H]2c2cccc(NC(=O)c3cccc4ccccc34)c2)cc1. The van der Waals surface area contributed by atoms with Gasteiger partial charge in [-0.15, -0.1) is 11.8 Å². The number of fused-ring (bicyclic) bond motifs is 1. The molecule has 0 aliphatic carbocycles. The van der Waals surface area contributed by atoms with Gasteiger partial charge in [-0.3, -0.25) is 14.5 Å². The van der Waals surface area contributed by atoms with E-state index in [0.717, 1.165) is 22.0 Å². The van der Waals surface area contributed by atoms with Crippen LogP contribution in [0.2, 0.25) is 0 Å². The zero-order chi connectivity index (χ0) is 23.7. The van der Waals surface area contributed by atoms with Crippen molar-refractivity contribution in [3.05, 3.63) is 108 Å². The van der Waals surface area contributed by atoms with Gasteiger partial charge in [0.2, 0.25) is 5.91 Å². The van der Waals surface area contributed by atoms with Gasteiger partial charge in [-0.2, -0.15) is 0 Å². The topological polar surface area (TPSA) is 49.4 Å². The first-order valence-corrected chi connectivity index (χ1v) is 12.5. The third-order valence-corrected chi connectivity index (χ3v) is 7.38. The molecular weight excluding hydrogens is 440 g/mol.